The molecule has 0 radical (unpaired) electrons. The summed E-state index contributed by atoms with van der Waals surface area (Å²) in [6, 6.07) is 14.4. The number of ether oxygens (including phenoxy) is 1. The largest absolute Gasteiger partial charge is 0.480 e. The van der Waals surface area contributed by atoms with Gasteiger partial charge in [-0.15, -0.1) is 0 Å². The molecule has 3 atom stereocenters. The number of hydrogen-bond donors (Lipinski definition) is 3. The van der Waals surface area contributed by atoms with Crippen molar-refractivity contribution in [2.24, 2.45) is 11.8 Å². The number of alkyl carbamates (subject to hydrolysis) is 1. The molecule has 0 aliphatic heterocycles. The molecule has 34 heavy (non-hydrogen) atoms. The Labute approximate surface area is 195 Å². The maximum Gasteiger partial charge on any atom is 0.407 e. The summed E-state index contributed by atoms with van der Waals surface area (Å²) in [4.78, 5) is 35.6. The molecule has 4 rings (SSSR count). The number of alkyl halides is 2. The van der Waals surface area contributed by atoms with E-state index < -0.39 is 48.3 Å². The Hall–Kier alpha value is -3.49. The molecule has 0 aromatic heterocycles. The molecule has 0 spiro atoms. The predicted octanol–water partition coefficient (Wildman–Crippen LogP) is 3.78. The van der Waals surface area contributed by atoms with E-state index in [9.17, 15) is 23.2 Å². The third kappa shape index (κ3) is 4.47. The monoisotopic (exact) mass is 472 g/mol. The topological polar surface area (TPSA) is 105 Å². The van der Waals surface area contributed by atoms with Crippen molar-refractivity contribution >= 4 is 18.0 Å². The maximum atomic E-state index is 14.2. The second kappa shape index (κ2) is 9.40. The van der Waals surface area contributed by atoms with Gasteiger partial charge in [-0.1, -0.05) is 61.9 Å². The molecule has 2 aromatic rings. The van der Waals surface area contributed by atoms with Crippen molar-refractivity contribution in [2.45, 2.75) is 37.6 Å². The molecule has 1 fully saturated rings. The van der Waals surface area contributed by atoms with Gasteiger partial charge in [0, 0.05) is 12.5 Å². The summed E-state index contributed by atoms with van der Waals surface area (Å²) in [5.74, 6) is -8.87. The van der Waals surface area contributed by atoms with Crippen LogP contribution in [0.5, 0.6) is 0 Å². The Bertz CT molecular complexity index is 1060. The van der Waals surface area contributed by atoms with Crippen LogP contribution in [0.1, 0.15) is 36.8 Å². The highest BCUT2D eigenvalue weighted by atomic mass is 19.3. The third-order valence-corrected chi connectivity index (χ3v) is 6.49. The molecule has 2 amide bonds. The predicted molar refractivity (Wildman–Crippen MR) is 119 cm³/mol. The van der Waals surface area contributed by atoms with E-state index in [2.05, 4.69) is 10.6 Å². The van der Waals surface area contributed by atoms with E-state index in [1.165, 1.54) is 0 Å². The van der Waals surface area contributed by atoms with Crippen molar-refractivity contribution in [2.75, 3.05) is 13.2 Å². The number of carboxylic acid groups (broad SMARTS) is 1. The molecule has 2 aliphatic carbocycles. The lowest BCUT2D eigenvalue weighted by Crippen LogP contribution is -2.42. The number of carboxylic acids is 1. The van der Waals surface area contributed by atoms with Gasteiger partial charge < -0.3 is 20.5 Å². The maximum absolute atomic E-state index is 14.2. The van der Waals surface area contributed by atoms with Crippen LogP contribution in [-0.2, 0) is 14.3 Å². The fourth-order valence-corrected chi connectivity index (χ4v) is 4.65. The van der Waals surface area contributed by atoms with Gasteiger partial charge in [0.15, 0.2) is 0 Å². The minimum absolute atomic E-state index is 0.0438. The van der Waals surface area contributed by atoms with Crippen LogP contribution in [0.25, 0.3) is 11.1 Å². The number of carbonyl (C=O) groups is 3. The van der Waals surface area contributed by atoms with Gasteiger partial charge in [-0.2, -0.15) is 0 Å². The molecule has 0 saturated heterocycles. The van der Waals surface area contributed by atoms with Crippen LogP contribution in [0, 0.1) is 11.8 Å². The summed E-state index contributed by atoms with van der Waals surface area (Å²) in [5.41, 5.74) is 4.20. The number of fused-ring (bicyclic) bond motifs is 3. The molecule has 0 bridgehead atoms. The molecule has 3 N–H and O–H groups in total. The third-order valence-electron chi connectivity index (χ3n) is 6.49. The highest BCUT2D eigenvalue weighted by Gasteiger charge is 2.71. The first-order valence-corrected chi connectivity index (χ1v) is 11.3. The first-order chi connectivity index (χ1) is 16.3. The number of hydrogen-bond acceptors (Lipinski definition) is 4. The molecule has 0 heterocycles. The average molecular weight is 472 g/mol. The molecule has 180 valence electrons. The van der Waals surface area contributed by atoms with Gasteiger partial charge in [-0.05, 0) is 28.7 Å². The molecule has 9 heteroatoms. The van der Waals surface area contributed by atoms with Crippen molar-refractivity contribution < 1.29 is 33.0 Å². The molecule has 0 unspecified atom stereocenters. The van der Waals surface area contributed by atoms with Gasteiger partial charge in [-0.25, -0.2) is 18.4 Å². The standard InChI is InChI=1S/C25H26F2N2O5/c1-2-7-20(23(31)32)29-22(30)21-19(25(21,26)27)12-28-24(33)34-13-18-16-10-5-3-8-14(16)15-9-4-6-11-17(15)18/h3-6,8-11,18-21H,2,7,12-13H2,1H3,(H,28,33)(H,29,30)(H,31,32)/t19-,20+,21-/m0/s1. The van der Waals surface area contributed by atoms with E-state index in [-0.39, 0.29) is 18.9 Å². The summed E-state index contributed by atoms with van der Waals surface area (Å²) < 4.78 is 33.7. The highest BCUT2D eigenvalue weighted by Crippen LogP contribution is 2.55. The van der Waals surface area contributed by atoms with Crippen molar-refractivity contribution in [1.29, 1.82) is 0 Å². The Kier molecular flexibility index (Phi) is 6.54. The molecular formula is C25H26F2N2O5. The number of aliphatic carboxylic acids is 1. The first kappa shape index (κ1) is 23.7. The van der Waals surface area contributed by atoms with Crippen LogP contribution in [0.2, 0.25) is 0 Å². The van der Waals surface area contributed by atoms with Gasteiger partial charge in [0.05, 0.1) is 5.92 Å². The fraction of sp³-hybridized carbons (Fsp3) is 0.400. The Morgan fingerprint density at radius 1 is 1.06 bits per heavy atom. The minimum Gasteiger partial charge on any atom is -0.480 e. The molecular weight excluding hydrogens is 446 g/mol. The van der Waals surface area contributed by atoms with E-state index in [0.717, 1.165) is 22.3 Å². The minimum atomic E-state index is -3.32. The van der Waals surface area contributed by atoms with Crippen molar-refractivity contribution in [1.82, 2.24) is 10.6 Å². The lowest BCUT2D eigenvalue weighted by atomic mass is 9.98. The van der Waals surface area contributed by atoms with E-state index in [1.54, 1.807) is 6.92 Å². The molecule has 7 nitrogen and oxygen atoms in total. The van der Waals surface area contributed by atoms with Gasteiger partial charge in [0.25, 0.3) is 5.92 Å². The van der Waals surface area contributed by atoms with Crippen LogP contribution >= 0.6 is 0 Å². The smallest absolute Gasteiger partial charge is 0.407 e. The molecule has 2 aromatic carbocycles. The lowest BCUT2D eigenvalue weighted by Gasteiger charge is -2.14. The number of halogens is 2. The van der Waals surface area contributed by atoms with E-state index in [0.29, 0.717) is 6.42 Å². The number of nitrogens with one attached hydrogen (secondary N) is 2. The zero-order valence-corrected chi connectivity index (χ0v) is 18.6. The summed E-state index contributed by atoms with van der Waals surface area (Å²) in [6.07, 6.45) is -0.231. The van der Waals surface area contributed by atoms with Gasteiger partial charge in [0.2, 0.25) is 5.91 Å². The van der Waals surface area contributed by atoms with Crippen molar-refractivity contribution in [3.05, 3.63) is 59.7 Å². The fourth-order valence-electron chi connectivity index (χ4n) is 4.65. The molecule has 2 aliphatic rings. The summed E-state index contributed by atoms with van der Waals surface area (Å²) in [6.45, 7) is 1.32. The first-order valence-electron chi connectivity index (χ1n) is 11.3. The average Bonchev–Trinajstić information content (AvgIpc) is 3.22. The summed E-state index contributed by atoms with van der Waals surface area (Å²) >= 11 is 0. The number of carbonyl (C=O) groups excluding carboxylic acids is 2. The van der Waals surface area contributed by atoms with Crippen molar-refractivity contribution in [3.8, 4) is 11.1 Å². The Balaban J connectivity index is 1.31. The Morgan fingerprint density at radius 3 is 2.21 bits per heavy atom. The number of benzene rings is 2. The van der Waals surface area contributed by atoms with Gasteiger partial charge >= 0.3 is 12.1 Å². The normalized spacial score (nSPS) is 20.6. The van der Waals surface area contributed by atoms with Crippen LogP contribution in [0.4, 0.5) is 13.6 Å². The van der Waals surface area contributed by atoms with E-state index in [4.69, 9.17) is 9.84 Å². The summed E-state index contributed by atoms with van der Waals surface area (Å²) in [7, 11) is 0. The Morgan fingerprint density at radius 2 is 1.65 bits per heavy atom. The zero-order valence-electron chi connectivity index (χ0n) is 18.6. The SMILES string of the molecule is CCC[C@@H](NC(=O)[C@@H]1[C@H](CNC(=O)OCC2c3ccccc3-c3ccccc32)C1(F)F)C(=O)O. The number of amides is 2. The van der Waals surface area contributed by atoms with Crippen LogP contribution in [0.15, 0.2) is 48.5 Å². The lowest BCUT2D eigenvalue weighted by molar-refractivity contribution is -0.142. The van der Waals surface area contributed by atoms with Crippen LogP contribution in [-0.4, -0.2) is 48.2 Å². The zero-order chi connectivity index (χ0) is 24.5. The second-order valence-corrected chi connectivity index (χ2v) is 8.65. The quantitative estimate of drug-likeness (QED) is 0.515. The summed E-state index contributed by atoms with van der Waals surface area (Å²) in [5, 5.41) is 13.6. The molecule has 1 saturated carbocycles. The van der Waals surface area contributed by atoms with Crippen molar-refractivity contribution in [3.63, 3.8) is 0 Å². The van der Waals surface area contributed by atoms with Gasteiger partial charge in [-0.3, -0.25) is 4.79 Å². The number of rotatable bonds is 9. The van der Waals surface area contributed by atoms with Crippen LogP contribution in [0.3, 0.4) is 0 Å². The van der Waals surface area contributed by atoms with Crippen LogP contribution < -0.4 is 10.6 Å². The van der Waals surface area contributed by atoms with Gasteiger partial charge in [0.1, 0.15) is 18.6 Å². The highest BCUT2D eigenvalue weighted by molar-refractivity contribution is 5.88. The van der Waals surface area contributed by atoms with E-state index in [1.807, 2.05) is 48.5 Å². The second-order valence-electron chi connectivity index (χ2n) is 8.65. The van der Waals surface area contributed by atoms with E-state index >= 15 is 0 Å².